The first-order valence-corrected chi connectivity index (χ1v) is 10.4. The molecule has 0 spiro atoms. The normalized spacial score (nSPS) is 15.5. The van der Waals surface area contributed by atoms with E-state index in [0.29, 0.717) is 17.1 Å². The molecule has 0 N–H and O–H groups in total. The van der Waals surface area contributed by atoms with Gasteiger partial charge < -0.3 is 14.2 Å². The fourth-order valence-corrected chi connectivity index (χ4v) is 3.57. The number of rotatable bonds is 14. The third-order valence-electron chi connectivity index (χ3n) is 5.15. The van der Waals surface area contributed by atoms with Crippen molar-refractivity contribution < 1.29 is 19.0 Å². The Morgan fingerprint density at radius 2 is 1.64 bits per heavy atom. The van der Waals surface area contributed by atoms with Gasteiger partial charge in [0.05, 0.1) is 14.2 Å². The van der Waals surface area contributed by atoms with Crippen LogP contribution in [0.15, 0.2) is 36.9 Å². The van der Waals surface area contributed by atoms with Crippen LogP contribution in [0.25, 0.3) is 0 Å². The van der Waals surface area contributed by atoms with Crippen molar-refractivity contribution in [3.05, 3.63) is 48.1 Å². The van der Waals surface area contributed by atoms with Crippen LogP contribution in [0.2, 0.25) is 0 Å². The molecule has 0 amide bonds. The highest BCUT2D eigenvalue weighted by molar-refractivity contribution is 5.97. The smallest absolute Gasteiger partial charge is 0.342 e. The number of allylic oxidation sites excluding steroid dienone is 3. The minimum absolute atomic E-state index is 0.230. The molecule has 0 saturated heterocycles. The Morgan fingerprint density at radius 3 is 2.32 bits per heavy atom. The Hall–Kier alpha value is -2.23. The van der Waals surface area contributed by atoms with Gasteiger partial charge in [0.2, 0.25) is 0 Å². The number of methoxy groups -OCH3 is 2. The zero-order chi connectivity index (χ0) is 20.2. The minimum Gasteiger partial charge on any atom is -0.497 e. The first-order chi connectivity index (χ1) is 13.7. The average Bonchev–Trinajstić information content (AvgIpc) is 3.03. The summed E-state index contributed by atoms with van der Waals surface area (Å²) in [5, 5.41) is 0. The standard InChI is InChI=1S/C24H34O4/c1-4-5-6-7-8-9-10-11-12-13-14-15-16-21-20-17-19(26-2)18-22(27-3)23(20)24(25)28-21/h4,13-14,17-18,21H,1,5-12,15-16H2,2-3H3/b14-13+. The molecule has 28 heavy (non-hydrogen) atoms. The van der Waals surface area contributed by atoms with Crippen LogP contribution in [0.4, 0.5) is 0 Å². The van der Waals surface area contributed by atoms with Crippen LogP contribution in [-0.4, -0.2) is 20.2 Å². The molecule has 1 aliphatic heterocycles. The molecule has 1 aromatic carbocycles. The number of hydrogen-bond acceptors (Lipinski definition) is 4. The highest BCUT2D eigenvalue weighted by Crippen LogP contribution is 2.41. The van der Waals surface area contributed by atoms with Crippen molar-refractivity contribution in [1.29, 1.82) is 0 Å². The zero-order valence-electron chi connectivity index (χ0n) is 17.4. The van der Waals surface area contributed by atoms with Crippen molar-refractivity contribution in [3.8, 4) is 11.5 Å². The number of benzene rings is 1. The summed E-state index contributed by atoms with van der Waals surface area (Å²) in [4.78, 5) is 12.2. The van der Waals surface area contributed by atoms with E-state index in [4.69, 9.17) is 14.2 Å². The number of ether oxygens (including phenoxy) is 3. The lowest BCUT2D eigenvalue weighted by Gasteiger charge is -2.11. The maximum absolute atomic E-state index is 12.2. The van der Waals surface area contributed by atoms with Gasteiger partial charge in [0.1, 0.15) is 23.2 Å². The molecule has 0 radical (unpaired) electrons. The monoisotopic (exact) mass is 386 g/mol. The highest BCUT2D eigenvalue weighted by Gasteiger charge is 2.34. The summed E-state index contributed by atoms with van der Waals surface area (Å²) in [6, 6.07) is 3.61. The molecule has 0 aromatic heterocycles. The second kappa shape index (κ2) is 12.3. The van der Waals surface area contributed by atoms with Crippen LogP contribution >= 0.6 is 0 Å². The van der Waals surface area contributed by atoms with E-state index in [2.05, 4.69) is 18.7 Å². The van der Waals surface area contributed by atoms with Gasteiger partial charge >= 0.3 is 5.97 Å². The van der Waals surface area contributed by atoms with E-state index in [9.17, 15) is 4.79 Å². The van der Waals surface area contributed by atoms with Crippen LogP contribution < -0.4 is 9.47 Å². The summed E-state index contributed by atoms with van der Waals surface area (Å²) in [5.41, 5.74) is 1.40. The van der Waals surface area contributed by atoms with Crippen molar-refractivity contribution in [2.75, 3.05) is 14.2 Å². The summed E-state index contributed by atoms with van der Waals surface area (Å²) in [7, 11) is 3.16. The molecule has 0 bridgehead atoms. The predicted molar refractivity (Wildman–Crippen MR) is 113 cm³/mol. The van der Waals surface area contributed by atoms with Gasteiger partial charge in [-0.1, -0.05) is 43.9 Å². The van der Waals surface area contributed by atoms with Gasteiger partial charge in [-0.3, -0.25) is 0 Å². The van der Waals surface area contributed by atoms with E-state index < -0.39 is 0 Å². The van der Waals surface area contributed by atoms with Gasteiger partial charge in [0.25, 0.3) is 0 Å². The van der Waals surface area contributed by atoms with E-state index in [-0.39, 0.29) is 12.1 Å². The second-order valence-corrected chi connectivity index (χ2v) is 7.22. The van der Waals surface area contributed by atoms with Crippen molar-refractivity contribution in [2.24, 2.45) is 0 Å². The maximum atomic E-state index is 12.2. The lowest BCUT2D eigenvalue weighted by atomic mass is 10.00. The molecular formula is C24H34O4. The molecule has 1 aliphatic rings. The number of hydrogen-bond donors (Lipinski definition) is 0. The average molecular weight is 387 g/mol. The van der Waals surface area contributed by atoms with E-state index >= 15 is 0 Å². The van der Waals surface area contributed by atoms with Crippen molar-refractivity contribution in [3.63, 3.8) is 0 Å². The Balaban J connectivity index is 1.70. The molecule has 4 heteroatoms. The number of carbonyl (C=O) groups is 1. The number of carbonyl (C=O) groups excluding carboxylic acids is 1. The van der Waals surface area contributed by atoms with Crippen LogP contribution in [0.3, 0.4) is 0 Å². The summed E-state index contributed by atoms with van der Waals surface area (Å²) in [5.74, 6) is 0.886. The molecule has 0 aliphatic carbocycles. The third kappa shape index (κ3) is 6.43. The van der Waals surface area contributed by atoms with Crippen molar-refractivity contribution in [1.82, 2.24) is 0 Å². The number of esters is 1. The molecule has 1 unspecified atom stereocenters. The van der Waals surface area contributed by atoms with Gasteiger partial charge in [-0.15, -0.1) is 6.58 Å². The molecule has 0 saturated carbocycles. The SMILES string of the molecule is C=CCCCCCCCC/C=C/CCC1OC(=O)c2c(OC)cc(OC)cc21. The van der Waals surface area contributed by atoms with Crippen molar-refractivity contribution in [2.45, 2.75) is 70.3 Å². The lowest BCUT2D eigenvalue weighted by Crippen LogP contribution is -1.99. The number of cyclic esters (lactones) is 1. The molecule has 2 rings (SSSR count). The predicted octanol–water partition coefficient (Wildman–Crippen LogP) is 6.56. The third-order valence-corrected chi connectivity index (χ3v) is 5.15. The largest absolute Gasteiger partial charge is 0.497 e. The summed E-state index contributed by atoms with van der Waals surface area (Å²) < 4.78 is 16.2. The summed E-state index contributed by atoms with van der Waals surface area (Å²) >= 11 is 0. The van der Waals surface area contributed by atoms with E-state index in [0.717, 1.165) is 31.2 Å². The quantitative estimate of drug-likeness (QED) is 0.206. The van der Waals surface area contributed by atoms with Gasteiger partial charge in [-0.25, -0.2) is 4.79 Å². The Labute approximate surface area is 169 Å². The molecule has 1 aromatic rings. The van der Waals surface area contributed by atoms with Gasteiger partial charge in [0.15, 0.2) is 0 Å². The van der Waals surface area contributed by atoms with Gasteiger partial charge in [0, 0.05) is 11.6 Å². The minimum atomic E-state index is -0.309. The molecule has 4 nitrogen and oxygen atoms in total. The zero-order valence-corrected chi connectivity index (χ0v) is 17.4. The lowest BCUT2D eigenvalue weighted by molar-refractivity contribution is 0.0369. The summed E-state index contributed by atoms with van der Waals surface area (Å²) in [6.45, 7) is 3.76. The maximum Gasteiger partial charge on any atom is 0.342 e. The highest BCUT2D eigenvalue weighted by atomic mass is 16.6. The molecular weight excluding hydrogens is 352 g/mol. The fraction of sp³-hybridized carbons (Fsp3) is 0.542. The first-order valence-electron chi connectivity index (χ1n) is 10.4. The van der Waals surface area contributed by atoms with E-state index in [1.807, 2.05) is 12.1 Å². The van der Waals surface area contributed by atoms with E-state index in [1.54, 1.807) is 20.3 Å². The van der Waals surface area contributed by atoms with Crippen LogP contribution in [0.1, 0.15) is 86.2 Å². The fourth-order valence-electron chi connectivity index (χ4n) is 3.57. The first kappa shape index (κ1) is 22.1. The van der Waals surface area contributed by atoms with Gasteiger partial charge in [-0.2, -0.15) is 0 Å². The molecule has 1 heterocycles. The van der Waals surface area contributed by atoms with Crippen LogP contribution in [0.5, 0.6) is 11.5 Å². The molecule has 154 valence electrons. The number of fused-ring (bicyclic) bond motifs is 1. The molecule has 1 atom stereocenters. The van der Waals surface area contributed by atoms with E-state index in [1.165, 1.54) is 38.5 Å². The topological polar surface area (TPSA) is 44.8 Å². The number of unbranched alkanes of at least 4 members (excludes halogenated alkanes) is 7. The Morgan fingerprint density at radius 1 is 0.964 bits per heavy atom. The van der Waals surface area contributed by atoms with Crippen molar-refractivity contribution >= 4 is 5.97 Å². The Kier molecular flexibility index (Phi) is 9.67. The van der Waals surface area contributed by atoms with Crippen LogP contribution in [0, 0.1) is 0 Å². The second-order valence-electron chi connectivity index (χ2n) is 7.22. The van der Waals surface area contributed by atoms with Crippen LogP contribution in [-0.2, 0) is 4.74 Å². The Bertz CT molecular complexity index is 663. The summed E-state index contributed by atoms with van der Waals surface area (Å²) in [6.07, 6.45) is 17.9. The van der Waals surface area contributed by atoms with Gasteiger partial charge in [-0.05, 0) is 44.6 Å². The molecule has 0 fully saturated rings.